The fourth-order valence-electron chi connectivity index (χ4n) is 4.04. The van der Waals surface area contributed by atoms with Crippen molar-refractivity contribution in [3.05, 3.63) is 84.1 Å². The van der Waals surface area contributed by atoms with E-state index in [1.807, 2.05) is 60.2 Å². The normalized spacial score (nSPS) is 13.2. The zero-order valence-electron chi connectivity index (χ0n) is 21.9. The number of nitrogens with one attached hydrogen (secondary N) is 2. The van der Waals surface area contributed by atoms with Crippen molar-refractivity contribution in [2.45, 2.75) is 39.3 Å². The number of anilines is 2. The molecule has 9 heteroatoms. The van der Waals surface area contributed by atoms with Crippen LogP contribution in [-0.4, -0.2) is 37.2 Å². The number of hydrogen-bond donors (Lipinski definition) is 3. The highest BCUT2D eigenvalue weighted by atomic mass is 32.2. The number of aliphatic hydroxyl groups excluding tert-OH is 1. The van der Waals surface area contributed by atoms with Crippen LogP contribution in [0.25, 0.3) is 16.9 Å². The van der Waals surface area contributed by atoms with Gasteiger partial charge in [0.1, 0.15) is 11.0 Å². The molecule has 2 unspecified atom stereocenters. The Hall–Kier alpha value is -3.69. The Morgan fingerprint density at radius 1 is 1.14 bits per heavy atom. The van der Waals surface area contributed by atoms with Gasteiger partial charge in [-0.15, -0.1) is 0 Å². The van der Waals surface area contributed by atoms with Crippen molar-refractivity contribution in [3.63, 3.8) is 0 Å². The molecule has 4 rings (SSSR count). The average Bonchev–Trinajstić information content (AvgIpc) is 3.34. The van der Waals surface area contributed by atoms with Gasteiger partial charge in [0, 0.05) is 41.7 Å². The molecule has 2 aromatic carbocycles. The Labute approximate surface area is 220 Å². The van der Waals surface area contributed by atoms with Gasteiger partial charge in [-0.05, 0) is 53.8 Å². The van der Waals surface area contributed by atoms with E-state index in [1.54, 1.807) is 32.1 Å². The quantitative estimate of drug-likeness (QED) is 0.271. The number of pyridine rings is 1. The minimum Gasteiger partial charge on any atom is -0.492 e. The van der Waals surface area contributed by atoms with E-state index in [0.29, 0.717) is 22.7 Å². The highest BCUT2D eigenvalue weighted by Gasteiger charge is 2.22. The van der Waals surface area contributed by atoms with E-state index in [2.05, 4.69) is 40.8 Å². The maximum atomic E-state index is 12.0. The van der Waals surface area contributed by atoms with Gasteiger partial charge in [-0.2, -0.15) is 0 Å². The molecule has 0 amide bonds. The molecule has 0 aliphatic heterocycles. The number of benzene rings is 2. The molecule has 0 saturated heterocycles. The predicted molar refractivity (Wildman–Crippen MR) is 149 cm³/mol. The molecule has 37 heavy (non-hydrogen) atoms. The Balaban J connectivity index is 1.68. The number of aryl methyl sites for hydroxylation is 1. The van der Waals surface area contributed by atoms with E-state index in [-0.39, 0.29) is 5.41 Å². The van der Waals surface area contributed by atoms with Crippen LogP contribution in [0.5, 0.6) is 5.75 Å². The van der Waals surface area contributed by atoms with Gasteiger partial charge < -0.3 is 24.4 Å². The molecule has 2 atom stereocenters. The molecule has 0 saturated carbocycles. The van der Waals surface area contributed by atoms with E-state index >= 15 is 0 Å². The van der Waals surface area contributed by atoms with Crippen molar-refractivity contribution in [2.24, 2.45) is 0 Å². The monoisotopic (exact) mass is 519 g/mol. The molecule has 0 aliphatic carbocycles. The summed E-state index contributed by atoms with van der Waals surface area (Å²) in [6.45, 7) is 8.30. The Morgan fingerprint density at radius 2 is 1.89 bits per heavy atom. The van der Waals surface area contributed by atoms with Crippen LogP contribution in [-0.2, 0) is 16.4 Å². The van der Waals surface area contributed by atoms with Gasteiger partial charge in [0.2, 0.25) is 0 Å². The first-order valence-electron chi connectivity index (χ1n) is 11.9. The second kappa shape index (κ2) is 10.7. The maximum absolute atomic E-state index is 12.0. The molecular formula is C28H33N5O3S. The van der Waals surface area contributed by atoms with Crippen molar-refractivity contribution in [3.8, 4) is 22.7 Å². The molecule has 3 N–H and O–H groups in total. The largest absolute Gasteiger partial charge is 0.492 e. The summed E-state index contributed by atoms with van der Waals surface area (Å²) >= 11 is 0. The summed E-state index contributed by atoms with van der Waals surface area (Å²) < 4.78 is 22.5. The van der Waals surface area contributed by atoms with E-state index < -0.39 is 17.2 Å². The summed E-state index contributed by atoms with van der Waals surface area (Å²) in [6.07, 6.45) is 7.75. The van der Waals surface area contributed by atoms with Crippen LogP contribution in [0.15, 0.2) is 67.4 Å². The number of aliphatic hydroxyl groups is 1. The maximum Gasteiger partial charge on any atom is 0.166 e. The van der Waals surface area contributed by atoms with E-state index in [0.717, 1.165) is 28.1 Å². The summed E-state index contributed by atoms with van der Waals surface area (Å²) in [7, 11) is 0.260. The number of hydrogen-bond acceptors (Lipinski definition) is 6. The van der Waals surface area contributed by atoms with Crippen molar-refractivity contribution in [1.29, 1.82) is 0 Å². The van der Waals surface area contributed by atoms with Gasteiger partial charge in [-0.1, -0.05) is 32.9 Å². The molecule has 2 aromatic heterocycles. The lowest BCUT2D eigenvalue weighted by Gasteiger charge is -2.25. The lowest BCUT2D eigenvalue weighted by Crippen LogP contribution is -2.16. The molecule has 0 bridgehead atoms. The molecule has 0 aliphatic rings. The summed E-state index contributed by atoms with van der Waals surface area (Å²) in [5.74, 6) is 0.477. The molecule has 4 aromatic rings. The Morgan fingerprint density at radius 3 is 2.54 bits per heavy atom. The molecule has 0 radical (unpaired) electrons. The van der Waals surface area contributed by atoms with E-state index in [1.165, 1.54) is 0 Å². The molecule has 0 spiro atoms. The molecule has 194 valence electrons. The molecule has 0 fully saturated rings. The number of aromatic nitrogens is 3. The van der Waals surface area contributed by atoms with Gasteiger partial charge in [0.05, 0.1) is 30.5 Å². The highest BCUT2D eigenvalue weighted by Crippen LogP contribution is 2.40. The first-order chi connectivity index (χ1) is 17.6. The molecular weight excluding hydrogens is 486 g/mol. The van der Waals surface area contributed by atoms with Gasteiger partial charge >= 0.3 is 0 Å². The van der Waals surface area contributed by atoms with Crippen LogP contribution >= 0.6 is 0 Å². The first-order valence-corrected chi connectivity index (χ1v) is 13.4. The zero-order chi connectivity index (χ0) is 26.7. The van der Waals surface area contributed by atoms with E-state index in [4.69, 9.17) is 4.74 Å². The number of ether oxygens (including phenoxy) is 1. The summed E-state index contributed by atoms with van der Waals surface area (Å²) in [6, 6.07) is 13.5. The van der Waals surface area contributed by atoms with Gasteiger partial charge in [0.25, 0.3) is 0 Å². The number of nitrogens with zero attached hydrogens (tertiary/aromatic N) is 3. The summed E-state index contributed by atoms with van der Waals surface area (Å²) in [4.78, 5) is 8.70. The van der Waals surface area contributed by atoms with Crippen molar-refractivity contribution in [1.82, 2.24) is 14.5 Å². The average molecular weight is 520 g/mol. The van der Waals surface area contributed by atoms with Crippen LogP contribution < -0.4 is 14.8 Å². The highest BCUT2D eigenvalue weighted by molar-refractivity contribution is 7.85. The lowest BCUT2D eigenvalue weighted by molar-refractivity contribution is 0.207. The van der Waals surface area contributed by atoms with Crippen molar-refractivity contribution in [2.75, 3.05) is 23.4 Å². The standard InChI is InChI=1S/C28H33N5O3S/c1-18-9-10-19(12-25(18)33-16-24(30-17-33)20-8-7-11-29-15-20)27(34)31-22-13-21(28(2,3)4)14-23(26(22)36-5)32-37(6)35/h7-17,27,31-32,34H,1-6H3. The third-order valence-electron chi connectivity index (χ3n) is 6.07. The van der Waals surface area contributed by atoms with Crippen molar-refractivity contribution >= 4 is 22.4 Å². The summed E-state index contributed by atoms with van der Waals surface area (Å²) in [5.41, 5.74) is 6.37. The second-order valence-corrected chi connectivity index (χ2v) is 11.0. The molecule has 2 heterocycles. The minimum absolute atomic E-state index is 0.177. The zero-order valence-corrected chi connectivity index (χ0v) is 22.8. The number of rotatable bonds is 8. The molecule has 8 nitrogen and oxygen atoms in total. The Kier molecular flexibility index (Phi) is 7.65. The van der Waals surface area contributed by atoms with Gasteiger partial charge in [-0.25, -0.2) is 9.19 Å². The lowest BCUT2D eigenvalue weighted by atomic mass is 9.86. The van der Waals surface area contributed by atoms with Crippen molar-refractivity contribution < 1.29 is 14.1 Å². The van der Waals surface area contributed by atoms with E-state index in [9.17, 15) is 9.32 Å². The first kappa shape index (κ1) is 26.4. The topological polar surface area (TPSA) is 101 Å². The predicted octanol–water partition coefficient (Wildman–Crippen LogP) is 5.36. The Bertz CT molecular complexity index is 1410. The smallest absolute Gasteiger partial charge is 0.166 e. The fraction of sp³-hybridized carbons (Fsp3) is 0.286. The van der Waals surface area contributed by atoms with Crippen LogP contribution in [0.1, 0.15) is 43.7 Å². The number of methoxy groups -OCH3 is 1. The van der Waals surface area contributed by atoms with Crippen LogP contribution in [0, 0.1) is 6.92 Å². The third kappa shape index (κ3) is 6.00. The fourth-order valence-corrected chi connectivity index (χ4v) is 4.50. The summed E-state index contributed by atoms with van der Waals surface area (Å²) in [5, 5.41) is 14.4. The SMILES string of the molecule is COc1c(NC(O)c2ccc(C)c(-n3cnc(-c4cccnc4)c3)c2)cc(C(C)(C)C)cc1NS(C)=O. The van der Waals surface area contributed by atoms with Gasteiger partial charge in [0.15, 0.2) is 12.0 Å². The van der Waals surface area contributed by atoms with Crippen LogP contribution in [0.4, 0.5) is 11.4 Å². The van der Waals surface area contributed by atoms with Crippen LogP contribution in [0.2, 0.25) is 0 Å². The third-order valence-corrected chi connectivity index (χ3v) is 6.58. The minimum atomic E-state index is -1.29. The van der Waals surface area contributed by atoms with Gasteiger partial charge in [-0.3, -0.25) is 4.98 Å². The second-order valence-electron chi connectivity index (χ2n) is 9.91. The van der Waals surface area contributed by atoms with Crippen LogP contribution in [0.3, 0.4) is 0 Å². The number of imidazole rings is 1.